The topological polar surface area (TPSA) is 116 Å². The minimum absolute atomic E-state index is 0.0732. The van der Waals surface area contributed by atoms with Gasteiger partial charge in [0.2, 0.25) is 11.8 Å². The number of allylic oxidation sites excluding steroid dienone is 2. The van der Waals surface area contributed by atoms with Gasteiger partial charge in [-0.25, -0.2) is 4.39 Å². The summed E-state index contributed by atoms with van der Waals surface area (Å²) in [6.45, 7) is 2.05. The summed E-state index contributed by atoms with van der Waals surface area (Å²) in [5, 5.41) is 13.3. The van der Waals surface area contributed by atoms with E-state index in [0.717, 1.165) is 8.58 Å². The van der Waals surface area contributed by atoms with Gasteiger partial charge in [0.1, 0.15) is 5.82 Å². The van der Waals surface area contributed by atoms with Gasteiger partial charge >= 0.3 is 0 Å². The molecule has 2 saturated heterocycles. The first-order valence-electron chi connectivity index (χ1n) is 17.0. The molecule has 264 valence electrons. The maximum absolute atomic E-state index is 15.3. The number of carbonyl (C=O) groups excluding carboxylic acids is 4. The average molecular weight is 832 g/mol. The van der Waals surface area contributed by atoms with Gasteiger partial charge in [-0.05, 0) is 121 Å². The fourth-order valence-corrected chi connectivity index (χ4v) is 9.37. The molecule has 4 amide bonds. The van der Waals surface area contributed by atoms with Crippen molar-refractivity contribution in [1.29, 1.82) is 0 Å². The Kier molecular flexibility index (Phi) is 8.61. The van der Waals surface area contributed by atoms with E-state index in [4.69, 9.17) is 16.3 Å². The third-order valence-electron chi connectivity index (χ3n) is 11.0. The molecule has 12 heteroatoms. The number of para-hydroxylation sites is 1. The fraction of sp³-hybridized carbons (Fsp3) is 0.250. The molecular weight excluding hydrogens is 800 g/mol. The molecule has 8 rings (SSSR count). The third-order valence-corrected chi connectivity index (χ3v) is 12.0. The number of rotatable bonds is 7. The van der Waals surface area contributed by atoms with Crippen molar-refractivity contribution < 1.29 is 33.4 Å². The van der Waals surface area contributed by atoms with Crippen molar-refractivity contribution in [3.8, 4) is 11.5 Å². The second-order valence-electron chi connectivity index (χ2n) is 13.5. The number of amides is 4. The van der Waals surface area contributed by atoms with Gasteiger partial charge in [-0.2, -0.15) is 5.01 Å². The van der Waals surface area contributed by atoms with Crippen molar-refractivity contribution in [2.45, 2.75) is 31.1 Å². The molecule has 4 aromatic rings. The molecule has 3 fully saturated rings. The minimum Gasteiger partial charge on any atom is -0.504 e. The number of hydrogen-bond donors (Lipinski definition) is 2. The molecule has 2 aliphatic heterocycles. The van der Waals surface area contributed by atoms with Crippen molar-refractivity contribution >= 4 is 69.2 Å². The number of imide groups is 2. The summed E-state index contributed by atoms with van der Waals surface area (Å²) in [5.41, 5.74) is 3.60. The maximum atomic E-state index is 15.3. The molecule has 0 radical (unpaired) electrons. The predicted molar refractivity (Wildman–Crippen MR) is 200 cm³/mol. The first-order valence-corrected chi connectivity index (χ1v) is 18.5. The third kappa shape index (κ3) is 5.14. The summed E-state index contributed by atoms with van der Waals surface area (Å²) < 4.78 is 20.6. The fourth-order valence-electron chi connectivity index (χ4n) is 8.89. The van der Waals surface area contributed by atoms with Crippen LogP contribution >= 0.6 is 34.2 Å². The molecule has 9 nitrogen and oxygen atoms in total. The van der Waals surface area contributed by atoms with Crippen LogP contribution < -0.4 is 15.1 Å². The lowest BCUT2D eigenvalue weighted by atomic mass is 9.49. The lowest BCUT2D eigenvalue weighted by molar-refractivity contribution is -0.138. The Labute approximate surface area is 317 Å². The number of nitrogens with one attached hydrogen (secondary N) is 1. The van der Waals surface area contributed by atoms with E-state index in [1.54, 1.807) is 61.5 Å². The normalized spacial score (nSPS) is 26.5. The Morgan fingerprint density at radius 1 is 0.923 bits per heavy atom. The Hall–Kier alpha value is -4.75. The van der Waals surface area contributed by atoms with Crippen molar-refractivity contribution in [2.75, 3.05) is 16.9 Å². The van der Waals surface area contributed by atoms with E-state index in [1.165, 1.54) is 29.2 Å². The van der Waals surface area contributed by atoms with Crippen molar-refractivity contribution in [3.63, 3.8) is 0 Å². The molecule has 2 heterocycles. The molecule has 4 aromatic carbocycles. The zero-order chi connectivity index (χ0) is 36.5. The van der Waals surface area contributed by atoms with Crippen LogP contribution in [-0.4, -0.2) is 40.4 Å². The monoisotopic (exact) mass is 831 g/mol. The number of phenolic OH excluding ortho intramolecular Hbond substituents is 1. The van der Waals surface area contributed by atoms with Crippen LogP contribution in [0.25, 0.3) is 0 Å². The largest absolute Gasteiger partial charge is 0.504 e. The molecule has 1 saturated carbocycles. The van der Waals surface area contributed by atoms with Crippen LogP contribution in [0.1, 0.15) is 36.8 Å². The highest BCUT2D eigenvalue weighted by Gasteiger charge is 2.70. The Morgan fingerprint density at radius 3 is 2.33 bits per heavy atom. The summed E-state index contributed by atoms with van der Waals surface area (Å²) in [5.74, 6) is -6.42. The predicted octanol–water partition coefficient (Wildman–Crippen LogP) is 7.38. The summed E-state index contributed by atoms with van der Waals surface area (Å²) in [6.07, 6.45) is 2.22. The van der Waals surface area contributed by atoms with Gasteiger partial charge in [-0.3, -0.25) is 29.5 Å². The zero-order valence-corrected chi connectivity index (χ0v) is 30.7. The van der Waals surface area contributed by atoms with E-state index in [2.05, 4.69) is 28.0 Å². The number of hydrogen-bond acceptors (Lipinski definition) is 7. The van der Waals surface area contributed by atoms with Gasteiger partial charge in [-0.1, -0.05) is 47.5 Å². The number of nitrogens with zero attached hydrogens (tertiary/aromatic N) is 2. The summed E-state index contributed by atoms with van der Waals surface area (Å²) in [6, 6.07) is 24.2. The first-order chi connectivity index (χ1) is 25.1. The summed E-state index contributed by atoms with van der Waals surface area (Å²) >= 11 is 8.53. The Balaban J connectivity index is 1.34. The van der Waals surface area contributed by atoms with E-state index in [9.17, 15) is 23.9 Å². The van der Waals surface area contributed by atoms with E-state index in [0.29, 0.717) is 33.1 Å². The number of carbonyl (C=O) groups is 4. The van der Waals surface area contributed by atoms with Gasteiger partial charge in [-0.15, -0.1) is 0 Å². The number of fused-ring (bicyclic) bond motifs is 4. The van der Waals surface area contributed by atoms with Crippen LogP contribution in [0.3, 0.4) is 0 Å². The molecule has 2 aliphatic carbocycles. The van der Waals surface area contributed by atoms with Crippen LogP contribution in [0.4, 0.5) is 15.8 Å². The van der Waals surface area contributed by atoms with Crippen LogP contribution in [0, 0.1) is 33.1 Å². The van der Waals surface area contributed by atoms with Gasteiger partial charge < -0.3 is 9.84 Å². The van der Waals surface area contributed by atoms with E-state index < -0.39 is 52.6 Å². The van der Waals surface area contributed by atoms with Crippen LogP contribution in [-0.2, 0) is 24.6 Å². The minimum atomic E-state index is -1.63. The molecule has 4 aliphatic rings. The zero-order valence-electron chi connectivity index (χ0n) is 27.8. The molecule has 6 atom stereocenters. The van der Waals surface area contributed by atoms with Gasteiger partial charge in [0.05, 0.1) is 41.2 Å². The number of anilines is 2. The van der Waals surface area contributed by atoms with Crippen LogP contribution in [0.2, 0.25) is 5.02 Å². The number of phenols is 1. The van der Waals surface area contributed by atoms with Crippen molar-refractivity contribution in [1.82, 2.24) is 5.01 Å². The summed E-state index contributed by atoms with van der Waals surface area (Å²) in [7, 11) is 0. The van der Waals surface area contributed by atoms with E-state index >= 15 is 4.79 Å². The number of aromatic hydroxyl groups is 1. The second-order valence-corrected chi connectivity index (χ2v) is 15.2. The highest BCUT2D eigenvalue weighted by atomic mass is 127. The maximum Gasteiger partial charge on any atom is 0.260 e. The van der Waals surface area contributed by atoms with E-state index in [1.807, 2.05) is 18.2 Å². The quantitative estimate of drug-likeness (QED) is 0.114. The number of benzene rings is 4. The lowest BCUT2D eigenvalue weighted by Gasteiger charge is -2.50. The Bertz CT molecular complexity index is 2160. The standard InChI is InChI=1S/C40H32ClFIN3O6/c1-2-52-32-5-3-4-29(35(32)47)34-27-18-19-28-33(38(50)45(36(28)48)26-16-12-24(43)13-17-26)30(27)20-31-37(49)46(44-25-14-10-23(42)11-15-25)39(51)40(31,34)21-6-8-22(41)9-7-21/h3-18,28,30-31,33-34,44,47H,2,19-20H2,1H3/t28-,30+,31-,33-,34+,40+/m0/s1. The SMILES string of the molecule is CCOc1cccc([C@H]2C3=CC[C@@H]4C(=O)N(c5ccc(I)cc5)C(=O)[C@@H]4[C@@H]3C[C@H]3C(=O)N(Nc4ccc(F)cc4)C(=O)[C@@]23c2ccc(Cl)cc2)c1O. The van der Waals surface area contributed by atoms with Crippen molar-refractivity contribution in [3.05, 3.63) is 128 Å². The van der Waals surface area contributed by atoms with Crippen molar-refractivity contribution in [2.24, 2.45) is 23.7 Å². The molecule has 0 bridgehead atoms. The second kappa shape index (κ2) is 13.0. The highest BCUT2D eigenvalue weighted by Crippen LogP contribution is 2.65. The highest BCUT2D eigenvalue weighted by molar-refractivity contribution is 14.1. The average Bonchev–Trinajstić information content (AvgIpc) is 3.52. The number of ether oxygens (including phenoxy) is 1. The molecule has 52 heavy (non-hydrogen) atoms. The van der Waals surface area contributed by atoms with Gasteiger partial charge in [0.25, 0.3) is 11.8 Å². The number of halogens is 3. The molecule has 0 aromatic heterocycles. The van der Waals surface area contributed by atoms with E-state index in [-0.39, 0.29) is 42.8 Å². The van der Waals surface area contributed by atoms with Gasteiger partial charge in [0.15, 0.2) is 11.5 Å². The lowest BCUT2D eigenvalue weighted by Crippen LogP contribution is -2.53. The molecule has 2 N–H and O–H groups in total. The van der Waals surface area contributed by atoms with Crippen LogP contribution in [0.5, 0.6) is 11.5 Å². The first kappa shape index (κ1) is 34.3. The smallest absolute Gasteiger partial charge is 0.260 e. The summed E-state index contributed by atoms with van der Waals surface area (Å²) in [4.78, 5) is 59.8. The number of hydrazine groups is 1. The molecule has 0 spiro atoms. The molecule has 0 unspecified atom stereocenters. The van der Waals surface area contributed by atoms with Gasteiger partial charge in [0, 0.05) is 20.1 Å². The van der Waals surface area contributed by atoms with Crippen LogP contribution in [0.15, 0.2) is 103 Å². The Morgan fingerprint density at radius 2 is 1.63 bits per heavy atom. The molecular formula is C40H32ClFIN3O6.